The number of hydrogen-bond donors (Lipinski definition) is 2. The second kappa shape index (κ2) is 8.13. The molecule has 0 bridgehead atoms. The van der Waals surface area contributed by atoms with E-state index in [4.69, 9.17) is 9.47 Å². The largest absolute Gasteiger partial charge is 0.496 e. The Labute approximate surface area is 153 Å². The fourth-order valence-electron chi connectivity index (χ4n) is 2.12. The number of nitro benzene ring substituents is 1. The molecular weight excluding hydrogens is 358 g/mol. The van der Waals surface area contributed by atoms with Crippen LogP contribution in [-0.4, -0.2) is 40.8 Å². The van der Waals surface area contributed by atoms with Gasteiger partial charge in [0.25, 0.3) is 11.6 Å². The summed E-state index contributed by atoms with van der Waals surface area (Å²) in [5.74, 6) is -1.57. The molecule has 2 N–H and O–H groups in total. The van der Waals surface area contributed by atoms with E-state index in [1.807, 2.05) is 0 Å². The average Bonchev–Trinajstić information content (AvgIpc) is 3.12. The van der Waals surface area contributed by atoms with Crippen molar-refractivity contribution in [1.82, 2.24) is 4.98 Å². The zero-order valence-corrected chi connectivity index (χ0v) is 14.8. The van der Waals surface area contributed by atoms with Crippen LogP contribution >= 0.6 is 0 Å². The SMILES string of the molecule is COc1ccc(NC(=O)[C@@H](C)OC(=O)c2cc(C(C)=O)c[nH]2)c([N+](=O)[O-])c1. The normalized spacial score (nSPS) is 11.4. The number of carbonyl (C=O) groups is 3. The molecule has 1 atom stereocenters. The van der Waals surface area contributed by atoms with Gasteiger partial charge in [0.1, 0.15) is 17.1 Å². The number of ether oxygens (including phenoxy) is 2. The highest BCUT2D eigenvalue weighted by Gasteiger charge is 2.23. The highest BCUT2D eigenvalue weighted by atomic mass is 16.6. The Hall–Kier alpha value is -3.69. The molecule has 0 saturated heterocycles. The van der Waals surface area contributed by atoms with Crippen molar-refractivity contribution in [2.45, 2.75) is 20.0 Å². The number of methoxy groups -OCH3 is 1. The van der Waals surface area contributed by atoms with E-state index in [-0.39, 0.29) is 28.6 Å². The number of anilines is 1. The summed E-state index contributed by atoms with van der Waals surface area (Å²) >= 11 is 0. The summed E-state index contributed by atoms with van der Waals surface area (Å²) in [5.41, 5.74) is -0.118. The molecule has 2 rings (SSSR count). The lowest BCUT2D eigenvalue weighted by Gasteiger charge is -2.13. The summed E-state index contributed by atoms with van der Waals surface area (Å²) in [7, 11) is 1.36. The summed E-state index contributed by atoms with van der Waals surface area (Å²) in [6.07, 6.45) is 0.118. The van der Waals surface area contributed by atoms with Crippen LogP contribution < -0.4 is 10.1 Å². The monoisotopic (exact) mass is 375 g/mol. The Bertz CT molecular complexity index is 904. The van der Waals surface area contributed by atoms with Gasteiger partial charge in [-0.15, -0.1) is 0 Å². The highest BCUT2D eigenvalue weighted by molar-refractivity contribution is 6.00. The number of Topliss-reactive ketones (excluding diaryl/α,β-unsaturated/α-hetero) is 1. The van der Waals surface area contributed by atoms with E-state index >= 15 is 0 Å². The van der Waals surface area contributed by atoms with E-state index in [0.717, 1.165) is 6.07 Å². The quantitative estimate of drug-likeness (QED) is 0.327. The topological polar surface area (TPSA) is 141 Å². The first-order valence-electron chi connectivity index (χ1n) is 7.76. The number of H-pyrrole nitrogens is 1. The second-order valence-electron chi connectivity index (χ2n) is 5.54. The van der Waals surface area contributed by atoms with Crippen LogP contribution in [0, 0.1) is 10.1 Å². The van der Waals surface area contributed by atoms with Crippen LogP contribution in [0.5, 0.6) is 5.75 Å². The molecule has 10 heteroatoms. The third-order valence-corrected chi connectivity index (χ3v) is 3.62. The number of aromatic nitrogens is 1. The first-order valence-corrected chi connectivity index (χ1v) is 7.76. The fraction of sp³-hybridized carbons (Fsp3) is 0.235. The number of hydrogen-bond acceptors (Lipinski definition) is 7. The van der Waals surface area contributed by atoms with Gasteiger partial charge in [-0.3, -0.25) is 19.7 Å². The Kier molecular flexibility index (Phi) is 5.91. The molecule has 27 heavy (non-hydrogen) atoms. The minimum Gasteiger partial charge on any atom is -0.496 e. The minimum atomic E-state index is -1.23. The summed E-state index contributed by atoms with van der Waals surface area (Å²) in [6, 6.07) is 5.23. The number of aromatic amines is 1. The van der Waals surface area contributed by atoms with Crippen molar-refractivity contribution in [3.05, 3.63) is 51.8 Å². The third kappa shape index (κ3) is 4.69. The Balaban J connectivity index is 2.08. The maximum absolute atomic E-state index is 12.2. The van der Waals surface area contributed by atoms with Gasteiger partial charge in [0.15, 0.2) is 11.9 Å². The van der Waals surface area contributed by atoms with Gasteiger partial charge in [0.05, 0.1) is 18.1 Å². The van der Waals surface area contributed by atoms with Crippen LogP contribution in [0.25, 0.3) is 0 Å². The summed E-state index contributed by atoms with van der Waals surface area (Å²) in [6.45, 7) is 2.66. The number of nitrogens with one attached hydrogen (secondary N) is 2. The van der Waals surface area contributed by atoms with E-state index in [1.54, 1.807) is 0 Å². The van der Waals surface area contributed by atoms with Gasteiger partial charge in [0.2, 0.25) is 0 Å². The molecule has 1 amide bonds. The second-order valence-corrected chi connectivity index (χ2v) is 5.54. The van der Waals surface area contributed by atoms with Gasteiger partial charge >= 0.3 is 5.97 Å². The lowest BCUT2D eigenvalue weighted by molar-refractivity contribution is -0.384. The van der Waals surface area contributed by atoms with Crippen molar-refractivity contribution < 1.29 is 28.8 Å². The van der Waals surface area contributed by atoms with Crippen LogP contribution in [0.1, 0.15) is 34.7 Å². The lowest BCUT2D eigenvalue weighted by Crippen LogP contribution is -2.30. The number of esters is 1. The molecule has 1 aromatic heterocycles. The van der Waals surface area contributed by atoms with Gasteiger partial charge in [-0.2, -0.15) is 0 Å². The minimum absolute atomic E-state index is 0.00952. The third-order valence-electron chi connectivity index (χ3n) is 3.62. The van der Waals surface area contributed by atoms with Crippen molar-refractivity contribution in [1.29, 1.82) is 0 Å². The van der Waals surface area contributed by atoms with Crippen molar-refractivity contribution in [3.63, 3.8) is 0 Å². The number of carbonyl (C=O) groups excluding carboxylic acids is 3. The molecule has 2 aromatic rings. The van der Waals surface area contributed by atoms with Crippen molar-refractivity contribution in [2.75, 3.05) is 12.4 Å². The van der Waals surface area contributed by atoms with Gasteiger partial charge in [-0.25, -0.2) is 4.79 Å². The summed E-state index contributed by atoms with van der Waals surface area (Å²) in [4.78, 5) is 48.6. The highest BCUT2D eigenvalue weighted by Crippen LogP contribution is 2.29. The zero-order chi connectivity index (χ0) is 20.1. The number of nitro groups is 1. The van der Waals surface area contributed by atoms with Crippen LogP contribution in [0.15, 0.2) is 30.5 Å². The Morgan fingerprint density at radius 2 is 1.96 bits per heavy atom. The van der Waals surface area contributed by atoms with E-state index in [0.29, 0.717) is 5.56 Å². The molecular formula is C17H17N3O7. The standard InChI is InChI=1S/C17H17N3O7/c1-9(21)11-6-14(18-8-11)17(23)27-10(2)16(22)19-13-5-4-12(26-3)7-15(13)20(24)25/h4-8,10,18H,1-3H3,(H,19,22)/t10-/m1/s1. The number of benzene rings is 1. The molecule has 0 spiro atoms. The van der Waals surface area contributed by atoms with Crippen molar-refractivity contribution in [2.24, 2.45) is 0 Å². The molecule has 0 radical (unpaired) electrons. The molecule has 0 aliphatic heterocycles. The predicted molar refractivity (Wildman–Crippen MR) is 94.0 cm³/mol. The number of nitrogens with zero attached hydrogens (tertiary/aromatic N) is 1. The van der Waals surface area contributed by atoms with E-state index in [2.05, 4.69) is 10.3 Å². The Morgan fingerprint density at radius 3 is 2.52 bits per heavy atom. The van der Waals surface area contributed by atoms with Gasteiger partial charge in [-0.1, -0.05) is 0 Å². The smallest absolute Gasteiger partial charge is 0.355 e. The predicted octanol–water partition coefficient (Wildman–Crippen LogP) is 2.32. The Morgan fingerprint density at radius 1 is 1.26 bits per heavy atom. The van der Waals surface area contributed by atoms with E-state index in [9.17, 15) is 24.5 Å². The maximum atomic E-state index is 12.2. The molecule has 10 nitrogen and oxygen atoms in total. The molecule has 0 unspecified atom stereocenters. The summed E-state index contributed by atoms with van der Waals surface area (Å²) < 4.78 is 9.94. The van der Waals surface area contributed by atoms with Crippen molar-refractivity contribution in [3.8, 4) is 5.75 Å². The van der Waals surface area contributed by atoms with Gasteiger partial charge < -0.3 is 19.8 Å². The first kappa shape index (κ1) is 19.6. The van der Waals surface area contributed by atoms with Gasteiger partial charge in [-0.05, 0) is 32.0 Å². The number of rotatable bonds is 7. The first-order chi connectivity index (χ1) is 12.7. The zero-order valence-electron chi connectivity index (χ0n) is 14.8. The van der Waals surface area contributed by atoms with Crippen molar-refractivity contribution >= 4 is 29.0 Å². The van der Waals surface area contributed by atoms with Crippen LogP contribution in [0.3, 0.4) is 0 Å². The van der Waals surface area contributed by atoms with Crippen LogP contribution in [0.4, 0.5) is 11.4 Å². The molecule has 0 aliphatic carbocycles. The summed E-state index contributed by atoms with van der Waals surface area (Å²) in [5, 5.41) is 13.5. The van der Waals surface area contributed by atoms with E-state index in [1.165, 1.54) is 45.4 Å². The molecule has 0 saturated carbocycles. The molecule has 1 aromatic carbocycles. The molecule has 0 fully saturated rings. The lowest BCUT2D eigenvalue weighted by atomic mass is 10.2. The number of ketones is 1. The molecule has 142 valence electrons. The maximum Gasteiger partial charge on any atom is 0.355 e. The van der Waals surface area contributed by atoms with Gasteiger partial charge in [0, 0.05) is 11.8 Å². The number of amides is 1. The average molecular weight is 375 g/mol. The molecule has 0 aliphatic rings. The van der Waals surface area contributed by atoms with E-state index < -0.39 is 22.9 Å². The molecule has 1 heterocycles. The van der Waals surface area contributed by atoms with Crippen LogP contribution in [-0.2, 0) is 9.53 Å². The fourth-order valence-corrected chi connectivity index (χ4v) is 2.12. The van der Waals surface area contributed by atoms with Crippen LogP contribution in [0.2, 0.25) is 0 Å².